The number of hydrogen-bond donors (Lipinski definition) is 1. The molecule has 0 aromatic heterocycles. The van der Waals surface area contributed by atoms with E-state index < -0.39 is 6.04 Å². The van der Waals surface area contributed by atoms with E-state index in [0.29, 0.717) is 74.9 Å². The molecule has 3 heterocycles. The molecule has 9 nitrogen and oxygen atoms in total. The van der Waals surface area contributed by atoms with Crippen LogP contribution >= 0.6 is 0 Å². The normalized spacial score (nSPS) is 18.7. The van der Waals surface area contributed by atoms with Gasteiger partial charge in [-0.25, -0.2) is 0 Å². The van der Waals surface area contributed by atoms with Crippen molar-refractivity contribution in [2.75, 3.05) is 46.2 Å². The van der Waals surface area contributed by atoms with Crippen molar-refractivity contribution in [3.8, 4) is 11.5 Å². The number of ether oxygens (including phenoxy) is 3. The van der Waals surface area contributed by atoms with Crippen LogP contribution in [-0.4, -0.2) is 79.7 Å². The van der Waals surface area contributed by atoms with E-state index in [1.165, 1.54) is 0 Å². The Morgan fingerprint density at radius 3 is 2.29 bits per heavy atom. The molecule has 5 rings (SSSR count). The highest BCUT2D eigenvalue weighted by molar-refractivity contribution is 5.98. The maximum atomic E-state index is 13.5. The third-order valence-electron chi connectivity index (χ3n) is 6.83. The Kier molecular flexibility index (Phi) is 6.85. The zero-order valence-corrected chi connectivity index (χ0v) is 19.5. The van der Waals surface area contributed by atoms with E-state index in [1.807, 2.05) is 35.2 Å². The van der Waals surface area contributed by atoms with Gasteiger partial charge in [0.15, 0.2) is 11.5 Å². The first-order chi connectivity index (χ1) is 17.1. The highest BCUT2D eigenvalue weighted by Gasteiger charge is 2.37. The second kappa shape index (κ2) is 10.4. The number of rotatable bonds is 5. The third kappa shape index (κ3) is 5.09. The Morgan fingerprint density at radius 2 is 1.54 bits per heavy atom. The van der Waals surface area contributed by atoms with E-state index in [9.17, 15) is 14.4 Å². The van der Waals surface area contributed by atoms with Crippen LogP contribution in [0.4, 0.5) is 0 Å². The number of carbonyl (C=O) groups is 3. The molecule has 3 aliphatic heterocycles. The van der Waals surface area contributed by atoms with Crippen LogP contribution < -0.4 is 14.8 Å². The molecular weight excluding hydrogens is 450 g/mol. The zero-order valence-electron chi connectivity index (χ0n) is 19.5. The molecular formula is C26H29N3O6. The predicted octanol–water partition coefficient (Wildman–Crippen LogP) is 1.92. The largest absolute Gasteiger partial charge is 0.454 e. The summed E-state index contributed by atoms with van der Waals surface area (Å²) < 4.78 is 16.1. The van der Waals surface area contributed by atoms with Gasteiger partial charge in [-0.3, -0.25) is 14.4 Å². The maximum absolute atomic E-state index is 13.5. The topological polar surface area (TPSA) is 97.4 Å². The van der Waals surface area contributed by atoms with Gasteiger partial charge in [0.05, 0.1) is 13.2 Å². The molecule has 0 saturated carbocycles. The van der Waals surface area contributed by atoms with Crippen LogP contribution in [0.2, 0.25) is 0 Å². The highest BCUT2D eigenvalue weighted by atomic mass is 16.7. The SMILES string of the molecule is O=C(N[C@H](C(=O)N1CCOCC1)C1CCN(C(=O)c2ccccc2)CC1)c1ccc2c(c1)OCO2. The van der Waals surface area contributed by atoms with Gasteiger partial charge >= 0.3 is 0 Å². The molecule has 184 valence electrons. The van der Waals surface area contributed by atoms with Gasteiger partial charge in [-0.05, 0) is 49.1 Å². The van der Waals surface area contributed by atoms with Crippen LogP contribution in [0.3, 0.4) is 0 Å². The van der Waals surface area contributed by atoms with Crippen LogP contribution in [0.1, 0.15) is 33.6 Å². The minimum atomic E-state index is -0.681. The molecule has 0 bridgehead atoms. The average molecular weight is 480 g/mol. The molecule has 2 fully saturated rings. The summed E-state index contributed by atoms with van der Waals surface area (Å²) in [7, 11) is 0. The molecule has 0 spiro atoms. The first-order valence-electron chi connectivity index (χ1n) is 12.0. The lowest BCUT2D eigenvalue weighted by Gasteiger charge is -2.38. The van der Waals surface area contributed by atoms with E-state index in [1.54, 1.807) is 23.1 Å². The molecule has 35 heavy (non-hydrogen) atoms. The van der Waals surface area contributed by atoms with Crippen LogP contribution in [0.15, 0.2) is 48.5 Å². The average Bonchev–Trinajstić information content (AvgIpc) is 3.40. The Balaban J connectivity index is 1.29. The number of carbonyl (C=O) groups excluding carboxylic acids is 3. The van der Waals surface area contributed by atoms with Crippen molar-refractivity contribution in [1.82, 2.24) is 15.1 Å². The molecule has 2 aromatic rings. The van der Waals surface area contributed by atoms with Crippen molar-refractivity contribution in [2.24, 2.45) is 5.92 Å². The number of nitrogens with one attached hydrogen (secondary N) is 1. The molecule has 2 saturated heterocycles. The van der Waals surface area contributed by atoms with Crippen molar-refractivity contribution in [3.63, 3.8) is 0 Å². The monoisotopic (exact) mass is 479 g/mol. The Labute approximate surface area is 203 Å². The quantitative estimate of drug-likeness (QED) is 0.704. The molecule has 2 aromatic carbocycles. The van der Waals surface area contributed by atoms with Crippen molar-refractivity contribution in [2.45, 2.75) is 18.9 Å². The number of amides is 3. The molecule has 0 unspecified atom stereocenters. The van der Waals surface area contributed by atoms with Gasteiger partial charge < -0.3 is 29.3 Å². The number of hydrogen-bond acceptors (Lipinski definition) is 6. The lowest BCUT2D eigenvalue weighted by atomic mass is 9.87. The fourth-order valence-corrected chi connectivity index (χ4v) is 4.82. The first-order valence-corrected chi connectivity index (χ1v) is 12.0. The summed E-state index contributed by atoms with van der Waals surface area (Å²) in [4.78, 5) is 43.1. The summed E-state index contributed by atoms with van der Waals surface area (Å²) >= 11 is 0. The van der Waals surface area contributed by atoms with Crippen LogP contribution in [0.5, 0.6) is 11.5 Å². The third-order valence-corrected chi connectivity index (χ3v) is 6.83. The van der Waals surface area contributed by atoms with Crippen molar-refractivity contribution < 1.29 is 28.6 Å². The second-order valence-electron chi connectivity index (χ2n) is 8.95. The maximum Gasteiger partial charge on any atom is 0.253 e. The van der Waals surface area contributed by atoms with Gasteiger partial charge in [0.1, 0.15) is 6.04 Å². The van der Waals surface area contributed by atoms with E-state index in [-0.39, 0.29) is 30.4 Å². The zero-order chi connectivity index (χ0) is 24.2. The van der Waals surface area contributed by atoms with Crippen molar-refractivity contribution >= 4 is 17.7 Å². The number of fused-ring (bicyclic) bond motifs is 1. The molecule has 1 atom stereocenters. The van der Waals surface area contributed by atoms with E-state index in [4.69, 9.17) is 14.2 Å². The minimum Gasteiger partial charge on any atom is -0.454 e. The minimum absolute atomic E-state index is 0.00972. The number of morpholine rings is 1. The molecule has 3 aliphatic rings. The molecule has 9 heteroatoms. The van der Waals surface area contributed by atoms with Crippen LogP contribution in [0, 0.1) is 5.92 Å². The predicted molar refractivity (Wildman–Crippen MR) is 126 cm³/mol. The van der Waals surface area contributed by atoms with Gasteiger partial charge in [-0.2, -0.15) is 0 Å². The summed E-state index contributed by atoms with van der Waals surface area (Å²) in [5, 5.41) is 3.00. The highest BCUT2D eigenvalue weighted by Crippen LogP contribution is 2.32. The molecule has 1 N–H and O–H groups in total. The standard InChI is InChI=1S/C26H29N3O6/c30-24(20-6-7-21-22(16-20)35-17-34-21)27-23(26(32)29-12-14-33-15-13-29)18-8-10-28(11-9-18)25(31)19-4-2-1-3-5-19/h1-7,16,18,23H,8-15,17H2,(H,27,30)/t23-/m0/s1. The summed E-state index contributed by atoms with van der Waals surface area (Å²) in [5.41, 5.74) is 1.06. The van der Waals surface area contributed by atoms with Crippen molar-refractivity contribution in [3.05, 3.63) is 59.7 Å². The van der Waals surface area contributed by atoms with Gasteiger partial charge in [-0.15, -0.1) is 0 Å². The van der Waals surface area contributed by atoms with Gasteiger partial charge in [-0.1, -0.05) is 18.2 Å². The van der Waals surface area contributed by atoms with Crippen LogP contribution in [-0.2, 0) is 9.53 Å². The van der Waals surface area contributed by atoms with Crippen molar-refractivity contribution in [1.29, 1.82) is 0 Å². The first kappa shape index (κ1) is 23.2. The number of nitrogens with zero attached hydrogens (tertiary/aromatic N) is 2. The van der Waals surface area contributed by atoms with E-state index in [2.05, 4.69) is 5.32 Å². The number of piperidine rings is 1. The fourth-order valence-electron chi connectivity index (χ4n) is 4.82. The Hall–Kier alpha value is -3.59. The number of benzene rings is 2. The van der Waals surface area contributed by atoms with Crippen LogP contribution in [0.25, 0.3) is 0 Å². The summed E-state index contributed by atoms with van der Waals surface area (Å²) in [6, 6.07) is 13.5. The number of likely N-dealkylation sites (tertiary alicyclic amines) is 1. The molecule has 0 radical (unpaired) electrons. The Morgan fingerprint density at radius 1 is 0.829 bits per heavy atom. The Bertz CT molecular complexity index is 1080. The lowest BCUT2D eigenvalue weighted by Crippen LogP contribution is -2.56. The second-order valence-corrected chi connectivity index (χ2v) is 8.95. The lowest BCUT2D eigenvalue weighted by molar-refractivity contribution is -0.139. The molecule has 0 aliphatic carbocycles. The summed E-state index contributed by atoms with van der Waals surface area (Å²) in [5.74, 6) is 0.583. The summed E-state index contributed by atoms with van der Waals surface area (Å²) in [6.07, 6.45) is 1.25. The van der Waals surface area contributed by atoms with Gasteiger partial charge in [0, 0.05) is 37.3 Å². The fraction of sp³-hybridized carbons (Fsp3) is 0.423. The van der Waals surface area contributed by atoms with Gasteiger partial charge in [0.2, 0.25) is 12.7 Å². The smallest absolute Gasteiger partial charge is 0.253 e. The van der Waals surface area contributed by atoms with Gasteiger partial charge in [0.25, 0.3) is 11.8 Å². The molecule has 3 amide bonds. The van der Waals surface area contributed by atoms with E-state index in [0.717, 1.165) is 0 Å². The van der Waals surface area contributed by atoms with E-state index >= 15 is 0 Å². The summed E-state index contributed by atoms with van der Waals surface area (Å²) in [6.45, 7) is 3.16.